The molecular weight excluding hydrogens is 401 g/mol. The maximum atomic E-state index is 13.1. The summed E-state index contributed by atoms with van der Waals surface area (Å²) in [6, 6.07) is 9.60. The summed E-state index contributed by atoms with van der Waals surface area (Å²) < 4.78 is 27.0. The van der Waals surface area contributed by atoms with Crippen LogP contribution in [0.15, 0.2) is 41.3 Å². The topological polar surface area (TPSA) is 113 Å². The molecule has 1 aliphatic rings. The molecule has 1 aliphatic heterocycles. The number of carboxylic acids is 1. The number of rotatable bonds is 4. The van der Waals surface area contributed by atoms with Crippen molar-refractivity contribution in [3.05, 3.63) is 57.6 Å². The highest BCUT2D eigenvalue weighted by atomic mass is 35.5. The van der Waals surface area contributed by atoms with Crippen LogP contribution >= 0.6 is 23.2 Å². The number of hydrogen-bond donors (Lipinski definition) is 3. The Hall–Kier alpha value is -1.84. The molecule has 1 atom stereocenters. The lowest BCUT2D eigenvalue weighted by Gasteiger charge is -2.35. The number of nitrogens with one attached hydrogen (secondary N) is 1. The lowest BCUT2D eigenvalue weighted by molar-refractivity contribution is -0.140. The SMILES string of the molecule is NCc1cccc(CN2C(C(=O)O)Nc3cc(Cl)cc(Cl)c3S2(=O)=O)c1. The Morgan fingerprint density at radius 1 is 1.23 bits per heavy atom. The molecule has 0 aromatic heterocycles. The van der Waals surface area contributed by atoms with E-state index in [-0.39, 0.29) is 33.7 Å². The Morgan fingerprint density at radius 3 is 2.58 bits per heavy atom. The first-order valence-corrected chi connectivity index (χ1v) is 9.71. The van der Waals surface area contributed by atoms with E-state index in [0.29, 0.717) is 5.56 Å². The quantitative estimate of drug-likeness (QED) is 0.706. The van der Waals surface area contributed by atoms with Gasteiger partial charge in [0.1, 0.15) is 4.90 Å². The normalized spacial score (nSPS) is 18.8. The summed E-state index contributed by atoms with van der Waals surface area (Å²) in [5, 5.41) is 12.3. The number of fused-ring (bicyclic) bond motifs is 1. The van der Waals surface area contributed by atoms with Crippen LogP contribution in [-0.2, 0) is 27.9 Å². The molecule has 7 nitrogen and oxygen atoms in total. The molecule has 0 amide bonds. The fourth-order valence-corrected chi connectivity index (χ4v) is 5.26. The highest BCUT2D eigenvalue weighted by Crippen LogP contribution is 2.39. The van der Waals surface area contributed by atoms with Crippen molar-refractivity contribution in [3.8, 4) is 0 Å². The second-order valence-corrected chi connectivity index (χ2v) is 8.39. The van der Waals surface area contributed by atoms with Gasteiger partial charge in [-0.3, -0.25) is 0 Å². The molecule has 0 spiro atoms. The fraction of sp³-hybridized carbons (Fsp3) is 0.188. The van der Waals surface area contributed by atoms with E-state index < -0.39 is 22.2 Å². The lowest BCUT2D eigenvalue weighted by Crippen LogP contribution is -2.52. The van der Waals surface area contributed by atoms with E-state index in [1.165, 1.54) is 12.1 Å². The smallest absolute Gasteiger partial charge is 0.342 e. The van der Waals surface area contributed by atoms with Gasteiger partial charge in [-0.15, -0.1) is 0 Å². The highest BCUT2D eigenvalue weighted by Gasteiger charge is 2.43. The minimum absolute atomic E-state index is 0.0573. The minimum atomic E-state index is -4.17. The maximum Gasteiger partial charge on any atom is 0.342 e. The molecule has 4 N–H and O–H groups in total. The third-order valence-electron chi connectivity index (χ3n) is 3.95. The van der Waals surface area contributed by atoms with Crippen LogP contribution in [0.4, 0.5) is 5.69 Å². The Bertz CT molecular complexity index is 981. The molecule has 1 heterocycles. The van der Waals surface area contributed by atoms with Gasteiger partial charge in [0.15, 0.2) is 6.17 Å². The number of aliphatic carboxylic acids is 1. The van der Waals surface area contributed by atoms with Gasteiger partial charge in [-0.05, 0) is 23.3 Å². The zero-order chi connectivity index (χ0) is 19.1. The van der Waals surface area contributed by atoms with Crippen LogP contribution in [0.2, 0.25) is 10.0 Å². The first-order valence-electron chi connectivity index (χ1n) is 7.52. The molecule has 26 heavy (non-hydrogen) atoms. The Labute approximate surface area is 160 Å². The van der Waals surface area contributed by atoms with E-state index in [1.54, 1.807) is 24.3 Å². The molecule has 0 saturated heterocycles. The van der Waals surface area contributed by atoms with Gasteiger partial charge in [-0.25, -0.2) is 13.2 Å². The molecule has 0 aliphatic carbocycles. The third kappa shape index (κ3) is 3.38. The maximum absolute atomic E-state index is 13.1. The molecule has 2 aromatic carbocycles. The number of nitrogens with zero attached hydrogens (tertiary/aromatic N) is 1. The van der Waals surface area contributed by atoms with Crippen molar-refractivity contribution in [2.24, 2.45) is 5.73 Å². The number of halogens is 2. The lowest BCUT2D eigenvalue weighted by atomic mass is 10.1. The summed E-state index contributed by atoms with van der Waals surface area (Å²) in [6.07, 6.45) is -1.50. The van der Waals surface area contributed by atoms with Crippen molar-refractivity contribution in [2.75, 3.05) is 5.32 Å². The molecule has 0 saturated carbocycles. The summed E-state index contributed by atoms with van der Waals surface area (Å²) in [5.41, 5.74) is 7.08. The van der Waals surface area contributed by atoms with Crippen LogP contribution in [0.25, 0.3) is 0 Å². The summed E-state index contributed by atoms with van der Waals surface area (Å²) >= 11 is 12.0. The van der Waals surface area contributed by atoms with Crippen LogP contribution in [0.1, 0.15) is 11.1 Å². The molecule has 3 rings (SSSR count). The van der Waals surface area contributed by atoms with E-state index in [9.17, 15) is 18.3 Å². The van der Waals surface area contributed by atoms with E-state index >= 15 is 0 Å². The second kappa shape index (κ2) is 7.05. The van der Waals surface area contributed by atoms with Crippen LogP contribution < -0.4 is 11.1 Å². The first-order chi connectivity index (χ1) is 12.2. The number of anilines is 1. The molecular formula is C16H15Cl2N3O4S. The van der Waals surface area contributed by atoms with Gasteiger partial charge in [0, 0.05) is 18.1 Å². The van der Waals surface area contributed by atoms with Crippen LogP contribution in [0.3, 0.4) is 0 Å². The molecule has 10 heteroatoms. The van der Waals surface area contributed by atoms with Crippen LogP contribution in [0.5, 0.6) is 0 Å². The van der Waals surface area contributed by atoms with Gasteiger partial charge in [-0.2, -0.15) is 4.31 Å². The summed E-state index contributed by atoms with van der Waals surface area (Å²) in [5.74, 6) is -1.34. The van der Waals surface area contributed by atoms with Gasteiger partial charge < -0.3 is 16.2 Å². The van der Waals surface area contributed by atoms with Crippen molar-refractivity contribution in [2.45, 2.75) is 24.2 Å². The molecule has 2 aromatic rings. The summed E-state index contributed by atoms with van der Waals surface area (Å²) in [4.78, 5) is 11.5. The number of hydrogen-bond acceptors (Lipinski definition) is 5. The van der Waals surface area contributed by atoms with Gasteiger partial charge >= 0.3 is 5.97 Å². The Morgan fingerprint density at radius 2 is 1.92 bits per heavy atom. The predicted molar refractivity (Wildman–Crippen MR) is 98.6 cm³/mol. The van der Waals surface area contributed by atoms with E-state index in [4.69, 9.17) is 28.9 Å². The average molecular weight is 416 g/mol. The average Bonchev–Trinajstić information content (AvgIpc) is 2.56. The van der Waals surface area contributed by atoms with Gasteiger partial charge in [0.2, 0.25) is 10.0 Å². The minimum Gasteiger partial charge on any atom is -0.479 e. The molecule has 138 valence electrons. The number of benzene rings is 2. The monoisotopic (exact) mass is 415 g/mol. The number of nitrogens with two attached hydrogens (primary N) is 1. The number of sulfonamides is 1. The number of carboxylic acid groups (broad SMARTS) is 1. The standard InChI is InChI=1S/C16H15Cl2N3O4S/c17-11-5-12(18)14-13(6-11)20-15(16(22)23)21(26(14,24)25)8-10-3-1-2-9(4-10)7-19/h1-6,15,20H,7-8,19H2,(H,22,23). The van der Waals surface area contributed by atoms with E-state index in [0.717, 1.165) is 9.87 Å². The van der Waals surface area contributed by atoms with E-state index in [2.05, 4.69) is 5.32 Å². The van der Waals surface area contributed by atoms with Crippen molar-refractivity contribution in [3.63, 3.8) is 0 Å². The molecule has 1 unspecified atom stereocenters. The van der Waals surface area contributed by atoms with Gasteiger partial charge in [0.05, 0.1) is 10.7 Å². The van der Waals surface area contributed by atoms with Crippen molar-refractivity contribution in [1.29, 1.82) is 0 Å². The van der Waals surface area contributed by atoms with Crippen LogP contribution in [-0.4, -0.2) is 30.0 Å². The van der Waals surface area contributed by atoms with Gasteiger partial charge in [0.25, 0.3) is 0 Å². The number of carbonyl (C=O) groups is 1. The van der Waals surface area contributed by atoms with E-state index in [1.807, 2.05) is 0 Å². The summed E-state index contributed by atoms with van der Waals surface area (Å²) in [6.45, 7) is 0.132. The third-order valence-corrected chi connectivity index (χ3v) is 6.50. The zero-order valence-electron chi connectivity index (χ0n) is 13.3. The van der Waals surface area contributed by atoms with Crippen molar-refractivity contribution < 1.29 is 18.3 Å². The Balaban J connectivity index is 2.11. The molecule has 0 radical (unpaired) electrons. The molecule has 0 fully saturated rings. The van der Waals surface area contributed by atoms with Gasteiger partial charge in [-0.1, -0.05) is 47.5 Å². The Kier molecular flexibility index (Phi) is 5.14. The fourth-order valence-electron chi connectivity index (χ4n) is 2.80. The zero-order valence-corrected chi connectivity index (χ0v) is 15.6. The predicted octanol–water partition coefficient (Wildman–Crippen LogP) is 2.48. The van der Waals surface area contributed by atoms with Crippen LogP contribution in [0, 0.1) is 0 Å². The highest BCUT2D eigenvalue weighted by molar-refractivity contribution is 7.89. The van der Waals surface area contributed by atoms with Crippen molar-refractivity contribution >= 4 is 44.9 Å². The largest absolute Gasteiger partial charge is 0.479 e. The first kappa shape index (κ1) is 18.9. The van der Waals surface area contributed by atoms with Crippen molar-refractivity contribution in [1.82, 2.24) is 4.31 Å². The second-order valence-electron chi connectivity index (χ2n) is 5.72. The summed E-state index contributed by atoms with van der Waals surface area (Å²) in [7, 11) is -4.17. The molecule has 0 bridgehead atoms.